The maximum Gasteiger partial charge on any atom is 0.326 e. The molecule has 0 fully saturated rings. The van der Waals surface area contributed by atoms with Gasteiger partial charge in [0.2, 0.25) is 11.8 Å². The molecule has 0 aliphatic carbocycles. The summed E-state index contributed by atoms with van der Waals surface area (Å²) in [5, 5.41) is 22.9. The van der Waals surface area contributed by atoms with Crippen LogP contribution in [0, 0.1) is 0 Å². The Bertz CT molecular complexity index is 609. The van der Waals surface area contributed by atoms with Gasteiger partial charge in [-0.05, 0) is 45.1 Å². The lowest BCUT2D eigenvalue weighted by molar-refractivity contribution is -0.142. The fourth-order valence-electron chi connectivity index (χ4n) is 2.48. The highest BCUT2D eigenvalue weighted by Gasteiger charge is 2.27. The fourth-order valence-corrected chi connectivity index (χ4v) is 2.48. The van der Waals surface area contributed by atoms with Crippen molar-refractivity contribution >= 4 is 29.7 Å². The Balaban J connectivity index is 4.98. The van der Waals surface area contributed by atoms with E-state index in [1.807, 2.05) is 0 Å². The second-order valence-electron chi connectivity index (χ2n) is 6.73. The first kappa shape index (κ1) is 27.1. The summed E-state index contributed by atoms with van der Waals surface area (Å²) >= 11 is 0. The molecule has 0 aromatic rings. The zero-order chi connectivity index (χ0) is 23.1. The van der Waals surface area contributed by atoms with Crippen molar-refractivity contribution in [1.29, 1.82) is 0 Å². The van der Waals surface area contributed by atoms with E-state index in [0.29, 0.717) is 25.8 Å². The van der Waals surface area contributed by atoms with Gasteiger partial charge in [0.15, 0.2) is 5.96 Å². The standard InChI is InChI=1S/C17H33N7O6/c18-8-2-1-4-11(23-14(27)10(19)6-7-13(25)26)15(28)24-12(16(29)30)5-3-9-22-17(20)21/h10-12H,1-9,18-19H2,(H,23,27)(H,24,28)(H,25,26)(H,29,30)(H4,20,21,22)/t10-,11+,12-/m0/s1. The Kier molecular flexibility index (Phi) is 13.5. The number of nitrogens with zero attached hydrogens (tertiary/aromatic N) is 1. The van der Waals surface area contributed by atoms with Crippen molar-refractivity contribution in [2.24, 2.45) is 27.9 Å². The first-order chi connectivity index (χ1) is 14.1. The van der Waals surface area contributed by atoms with Gasteiger partial charge >= 0.3 is 11.9 Å². The number of aliphatic imine (C=N–C) groups is 1. The molecule has 0 aromatic carbocycles. The van der Waals surface area contributed by atoms with Gasteiger partial charge in [0.05, 0.1) is 6.04 Å². The van der Waals surface area contributed by atoms with Crippen LogP contribution in [0.5, 0.6) is 0 Å². The number of carbonyl (C=O) groups is 4. The SMILES string of the molecule is NCCCC[C@@H](NC(=O)[C@@H](N)CCC(=O)O)C(=O)N[C@@H](CCCN=C(N)N)C(=O)O. The summed E-state index contributed by atoms with van der Waals surface area (Å²) in [6.07, 6.45) is 1.35. The minimum absolute atomic E-state index is 0.0828. The molecular weight excluding hydrogens is 398 g/mol. The summed E-state index contributed by atoms with van der Waals surface area (Å²) in [6, 6.07) is -3.33. The maximum absolute atomic E-state index is 12.6. The summed E-state index contributed by atoms with van der Waals surface area (Å²) in [5.74, 6) is -3.82. The van der Waals surface area contributed by atoms with Crippen LogP contribution in [0.1, 0.15) is 44.9 Å². The van der Waals surface area contributed by atoms with Crippen molar-refractivity contribution in [3.63, 3.8) is 0 Å². The molecule has 172 valence electrons. The number of nitrogens with one attached hydrogen (secondary N) is 2. The van der Waals surface area contributed by atoms with E-state index in [-0.39, 0.29) is 38.2 Å². The van der Waals surface area contributed by atoms with Crippen LogP contribution in [-0.2, 0) is 19.2 Å². The number of guanidine groups is 1. The smallest absolute Gasteiger partial charge is 0.326 e. The Morgan fingerprint density at radius 2 is 1.47 bits per heavy atom. The van der Waals surface area contributed by atoms with Gasteiger partial charge in [-0.1, -0.05) is 0 Å². The number of carboxylic acid groups (broad SMARTS) is 2. The van der Waals surface area contributed by atoms with Gasteiger partial charge in [-0.15, -0.1) is 0 Å². The number of carbonyl (C=O) groups excluding carboxylic acids is 2. The van der Waals surface area contributed by atoms with Crippen LogP contribution in [0.25, 0.3) is 0 Å². The number of amides is 2. The van der Waals surface area contributed by atoms with E-state index in [4.69, 9.17) is 28.0 Å². The van der Waals surface area contributed by atoms with Gasteiger partial charge in [0.1, 0.15) is 12.1 Å². The molecule has 3 atom stereocenters. The summed E-state index contributed by atoms with van der Waals surface area (Å²) in [7, 11) is 0. The monoisotopic (exact) mass is 431 g/mol. The topological polar surface area (TPSA) is 249 Å². The largest absolute Gasteiger partial charge is 0.481 e. The van der Waals surface area contributed by atoms with E-state index in [2.05, 4.69) is 15.6 Å². The molecule has 0 spiro atoms. The molecule has 0 aliphatic heterocycles. The number of nitrogens with two attached hydrogens (primary N) is 4. The second-order valence-corrected chi connectivity index (χ2v) is 6.73. The van der Waals surface area contributed by atoms with Crippen molar-refractivity contribution in [3.05, 3.63) is 0 Å². The van der Waals surface area contributed by atoms with Crippen LogP contribution in [0.3, 0.4) is 0 Å². The quantitative estimate of drug-likeness (QED) is 0.0719. The summed E-state index contributed by atoms with van der Waals surface area (Å²) in [5.41, 5.74) is 21.5. The molecule has 0 bridgehead atoms. The molecule has 13 heteroatoms. The minimum atomic E-state index is -1.24. The van der Waals surface area contributed by atoms with Gasteiger partial charge in [0.25, 0.3) is 0 Å². The van der Waals surface area contributed by atoms with Crippen molar-refractivity contribution in [1.82, 2.24) is 10.6 Å². The molecule has 0 heterocycles. The van der Waals surface area contributed by atoms with Gasteiger partial charge in [0, 0.05) is 13.0 Å². The number of hydrogen-bond donors (Lipinski definition) is 8. The molecule has 30 heavy (non-hydrogen) atoms. The summed E-state index contributed by atoms with van der Waals surface area (Å²) in [4.78, 5) is 50.6. The fraction of sp³-hybridized carbons (Fsp3) is 0.706. The van der Waals surface area contributed by atoms with Crippen LogP contribution in [0.15, 0.2) is 4.99 Å². The highest BCUT2D eigenvalue weighted by molar-refractivity contribution is 5.91. The van der Waals surface area contributed by atoms with Crippen molar-refractivity contribution in [3.8, 4) is 0 Å². The maximum atomic E-state index is 12.6. The molecular formula is C17H33N7O6. The van der Waals surface area contributed by atoms with E-state index in [9.17, 15) is 24.3 Å². The van der Waals surface area contributed by atoms with Gasteiger partial charge < -0.3 is 43.8 Å². The van der Waals surface area contributed by atoms with Crippen LogP contribution >= 0.6 is 0 Å². The normalized spacial score (nSPS) is 13.5. The zero-order valence-corrected chi connectivity index (χ0v) is 16.9. The first-order valence-corrected chi connectivity index (χ1v) is 9.64. The van der Waals surface area contributed by atoms with Gasteiger partial charge in [-0.3, -0.25) is 19.4 Å². The predicted octanol–water partition coefficient (Wildman–Crippen LogP) is -2.58. The summed E-state index contributed by atoms with van der Waals surface area (Å²) in [6.45, 7) is 0.597. The lowest BCUT2D eigenvalue weighted by atomic mass is 10.1. The van der Waals surface area contributed by atoms with Crippen LogP contribution in [-0.4, -0.2) is 71.1 Å². The highest BCUT2D eigenvalue weighted by atomic mass is 16.4. The molecule has 13 nitrogen and oxygen atoms in total. The van der Waals surface area contributed by atoms with Crippen molar-refractivity contribution < 1.29 is 29.4 Å². The number of hydrogen-bond acceptors (Lipinski definition) is 7. The van der Waals surface area contributed by atoms with Crippen molar-refractivity contribution in [2.45, 2.75) is 63.1 Å². The summed E-state index contributed by atoms with van der Waals surface area (Å²) < 4.78 is 0. The Labute approximate surface area is 174 Å². The number of carboxylic acids is 2. The van der Waals surface area contributed by atoms with E-state index in [1.165, 1.54) is 0 Å². The third kappa shape index (κ3) is 12.5. The number of unbranched alkanes of at least 4 members (excludes halogenated alkanes) is 1. The van der Waals surface area contributed by atoms with Crippen molar-refractivity contribution in [2.75, 3.05) is 13.1 Å². The highest BCUT2D eigenvalue weighted by Crippen LogP contribution is 2.05. The third-order valence-corrected chi connectivity index (χ3v) is 4.15. The van der Waals surface area contributed by atoms with Gasteiger partial charge in [-0.25, -0.2) is 4.79 Å². The van der Waals surface area contributed by atoms with Crippen LogP contribution < -0.4 is 33.6 Å². The Morgan fingerprint density at radius 3 is 2.00 bits per heavy atom. The average Bonchev–Trinajstić information content (AvgIpc) is 2.66. The third-order valence-electron chi connectivity index (χ3n) is 4.15. The van der Waals surface area contributed by atoms with E-state index < -0.39 is 41.9 Å². The van der Waals surface area contributed by atoms with E-state index in [0.717, 1.165) is 0 Å². The molecule has 0 saturated heterocycles. The molecule has 12 N–H and O–H groups in total. The molecule has 0 saturated carbocycles. The molecule has 0 aliphatic rings. The second kappa shape index (κ2) is 15.0. The molecule has 2 amide bonds. The van der Waals surface area contributed by atoms with E-state index >= 15 is 0 Å². The molecule has 0 rings (SSSR count). The minimum Gasteiger partial charge on any atom is -0.481 e. The Hall–Kier alpha value is -2.93. The van der Waals surface area contributed by atoms with Gasteiger partial charge in [-0.2, -0.15) is 0 Å². The first-order valence-electron chi connectivity index (χ1n) is 9.64. The lowest BCUT2D eigenvalue weighted by Gasteiger charge is -2.23. The molecule has 0 radical (unpaired) electrons. The number of aliphatic carboxylic acids is 2. The molecule has 0 unspecified atom stereocenters. The zero-order valence-electron chi connectivity index (χ0n) is 16.9. The number of rotatable bonds is 16. The molecule has 0 aromatic heterocycles. The van der Waals surface area contributed by atoms with Crippen LogP contribution in [0.2, 0.25) is 0 Å². The predicted molar refractivity (Wildman–Crippen MR) is 109 cm³/mol. The van der Waals surface area contributed by atoms with E-state index in [1.54, 1.807) is 0 Å². The van der Waals surface area contributed by atoms with Crippen LogP contribution in [0.4, 0.5) is 0 Å². The lowest BCUT2D eigenvalue weighted by Crippen LogP contribution is -2.54. The average molecular weight is 431 g/mol. The Morgan fingerprint density at radius 1 is 0.867 bits per heavy atom.